The maximum atomic E-state index is 6.79. The number of benzene rings is 8. The van der Waals surface area contributed by atoms with E-state index in [2.05, 4.69) is 157 Å². The Kier molecular flexibility index (Phi) is 6.22. The van der Waals surface area contributed by atoms with Crippen LogP contribution in [0.3, 0.4) is 0 Å². The molecule has 3 heterocycles. The lowest BCUT2D eigenvalue weighted by Gasteiger charge is -2.25. The van der Waals surface area contributed by atoms with Crippen molar-refractivity contribution in [3.8, 4) is 22.3 Å². The molecule has 0 aliphatic carbocycles. The van der Waals surface area contributed by atoms with E-state index < -0.39 is 0 Å². The van der Waals surface area contributed by atoms with Crippen LogP contribution in [0.2, 0.25) is 0 Å². The van der Waals surface area contributed by atoms with Gasteiger partial charge in [0.1, 0.15) is 33.5 Å². The van der Waals surface area contributed by atoms with E-state index >= 15 is 0 Å². The molecule has 0 N–H and O–H groups in total. The molecule has 52 heavy (non-hydrogen) atoms. The predicted octanol–water partition coefficient (Wildman–Crippen LogP) is 14.2. The van der Waals surface area contributed by atoms with Gasteiger partial charge in [0.05, 0.1) is 0 Å². The lowest BCUT2D eigenvalue weighted by atomic mass is 9.95. The highest BCUT2D eigenvalue weighted by atomic mass is 16.3. The van der Waals surface area contributed by atoms with Crippen molar-refractivity contribution in [3.63, 3.8) is 0 Å². The summed E-state index contributed by atoms with van der Waals surface area (Å²) >= 11 is 0. The van der Waals surface area contributed by atoms with E-state index in [0.29, 0.717) is 0 Å². The first-order chi connectivity index (χ1) is 25.8. The molecule has 0 unspecified atom stereocenters. The molecule has 0 aliphatic heterocycles. The van der Waals surface area contributed by atoms with Crippen LogP contribution in [-0.4, -0.2) is 0 Å². The first-order valence-electron chi connectivity index (χ1n) is 17.5. The van der Waals surface area contributed by atoms with E-state index in [9.17, 15) is 0 Å². The largest absolute Gasteiger partial charge is 0.456 e. The molecule has 0 bridgehead atoms. The summed E-state index contributed by atoms with van der Waals surface area (Å²) in [6.07, 6.45) is 0. The minimum absolute atomic E-state index is 0.829. The Morgan fingerprint density at radius 1 is 0.288 bits per heavy atom. The van der Waals surface area contributed by atoms with Crippen LogP contribution in [0.5, 0.6) is 0 Å². The molecule has 0 spiro atoms. The van der Waals surface area contributed by atoms with Gasteiger partial charge in [-0.05, 0) is 65.7 Å². The van der Waals surface area contributed by atoms with Crippen molar-refractivity contribution >= 4 is 82.9 Å². The number of furan rings is 3. The quantitative estimate of drug-likeness (QED) is 0.183. The molecule has 4 nitrogen and oxygen atoms in total. The molecule has 0 atom stereocenters. The number of rotatable bonds is 5. The van der Waals surface area contributed by atoms with Gasteiger partial charge in [-0.25, -0.2) is 0 Å². The zero-order chi connectivity index (χ0) is 34.2. The average molecular weight is 668 g/mol. The van der Waals surface area contributed by atoms with Crippen molar-refractivity contribution in [1.29, 1.82) is 0 Å². The molecule has 11 aromatic rings. The molecule has 11 rings (SSSR count). The van der Waals surface area contributed by atoms with Crippen LogP contribution in [-0.2, 0) is 0 Å². The molecule has 3 aromatic heterocycles. The number of nitrogens with zero attached hydrogens (tertiary/aromatic N) is 1. The molecule has 0 fully saturated rings. The lowest BCUT2D eigenvalue weighted by Crippen LogP contribution is -2.09. The van der Waals surface area contributed by atoms with Crippen LogP contribution < -0.4 is 4.90 Å². The number of para-hydroxylation sites is 5. The highest BCUT2D eigenvalue weighted by molar-refractivity contribution is 6.21. The Morgan fingerprint density at radius 3 is 1.50 bits per heavy atom. The summed E-state index contributed by atoms with van der Waals surface area (Å²) < 4.78 is 19.9. The van der Waals surface area contributed by atoms with Gasteiger partial charge in [0.25, 0.3) is 0 Å². The van der Waals surface area contributed by atoms with Gasteiger partial charge in [-0.3, -0.25) is 0 Å². The van der Waals surface area contributed by atoms with Crippen molar-refractivity contribution in [2.45, 2.75) is 0 Å². The fraction of sp³-hybridized carbons (Fsp3) is 0. The van der Waals surface area contributed by atoms with Gasteiger partial charge < -0.3 is 18.2 Å². The second-order valence-corrected chi connectivity index (χ2v) is 13.2. The van der Waals surface area contributed by atoms with Gasteiger partial charge in [0.2, 0.25) is 0 Å². The summed E-state index contributed by atoms with van der Waals surface area (Å²) in [5, 5.41) is 6.48. The second-order valence-electron chi connectivity index (χ2n) is 13.2. The van der Waals surface area contributed by atoms with E-state index in [-0.39, 0.29) is 0 Å². The van der Waals surface area contributed by atoms with Gasteiger partial charge in [0.15, 0.2) is 0 Å². The van der Waals surface area contributed by atoms with E-state index in [1.807, 2.05) is 24.3 Å². The minimum Gasteiger partial charge on any atom is -0.456 e. The van der Waals surface area contributed by atoms with Crippen molar-refractivity contribution in [1.82, 2.24) is 0 Å². The van der Waals surface area contributed by atoms with Crippen LogP contribution >= 0.6 is 0 Å². The molecule has 8 aromatic carbocycles. The summed E-state index contributed by atoms with van der Waals surface area (Å²) in [7, 11) is 0. The molecular weight excluding hydrogens is 639 g/mol. The summed E-state index contributed by atoms with van der Waals surface area (Å²) in [5.41, 5.74) is 12.5. The van der Waals surface area contributed by atoms with Crippen LogP contribution in [0.25, 0.3) is 88.1 Å². The molecule has 0 saturated carbocycles. The van der Waals surface area contributed by atoms with Crippen LogP contribution in [0, 0.1) is 0 Å². The van der Waals surface area contributed by atoms with E-state index in [1.165, 1.54) is 0 Å². The second kappa shape index (κ2) is 11.2. The van der Waals surface area contributed by atoms with Crippen LogP contribution in [0.15, 0.2) is 189 Å². The highest BCUT2D eigenvalue weighted by Crippen LogP contribution is 2.46. The fourth-order valence-electron chi connectivity index (χ4n) is 8.02. The van der Waals surface area contributed by atoms with E-state index in [4.69, 9.17) is 13.3 Å². The SMILES string of the molecule is c1ccc(N(c2ccccc2)c2ccc3c(c2)oc2cccc(-c4cccc5c4oc4cccc(-c6cccc7c6oc6ccccc67)c45)c23)cc1. The Labute approximate surface area is 298 Å². The minimum atomic E-state index is 0.829. The van der Waals surface area contributed by atoms with Gasteiger partial charge in [-0.2, -0.15) is 0 Å². The summed E-state index contributed by atoms with van der Waals surface area (Å²) in [5.74, 6) is 0. The van der Waals surface area contributed by atoms with Crippen molar-refractivity contribution in [2.75, 3.05) is 4.90 Å². The summed E-state index contributed by atoms with van der Waals surface area (Å²) in [6.45, 7) is 0. The molecule has 244 valence electrons. The number of fused-ring (bicyclic) bond motifs is 9. The molecule has 0 amide bonds. The van der Waals surface area contributed by atoms with Crippen molar-refractivity contribution in [3.05, 3.63) is 176 Å². The first-order valence-corrected chi connectivity index (χ1v) is 17.5. The first kappa shape index (κ1) is 28.8. The monoisotopic (exact) mass is 667 g/mol. The maximum Gasteiger partial charge on any atom is 0.143 e. The average Bonchev–Trinajstić information content (AvgIpc) is 3.90. The molecule has 0 saturated heterocycles. The number of anilines is 3. The van der Waals surface area contributed by atoms with Crippen molar-refractivity contribution in [2.24, 2.45) is 0 Å². The van der Waals surface area contributed by atoms with Crippen LogP contribution in [0.1, 0.15) is 0 Å². The third-order valence-electron chi connectivity index (χ3n) is 10.3. The third-order valence-corrected chi connectivity index (χ3v) is 10.3. The molecule has 4 heteroatoms. The highest BCUT2D eigenvalue weighted by Gasteiger charge is 2.22. The Bertz CT molecular complexity index is 3090. The topological polar surface area (TPSA) is 42.7 Å². The Hall–Kier alpha value is -7.04. The smallest absolute Gasteiger partial charge is 0.143 e. The van der Waals surface area contributed by atoms with Gasteiger partial charge in [0, 0.05) is 66.6 Å². The normalized spacial score (nSPS) is 11.8. The maximum absolute atomic E-state index is 6.79. The lowest BCUT2D eigenvalue weighted by molar-refractivity contribution is 0.669. The number of hydrogen-bond acceptors (Lipinski definition) is 4. The molecule has 0 aliphatic rings. The third kappa shape index (κ3) is 4.28. The molecule has 0 radical (unpaired) electrons. The van der Waals surface area contributed by atoms with Crippen molar-refractivity contribution < 1.29 is 13.3 Å². The van der Waals surface area contributed by atoms with Crippen LogP contribution in [0.4, 0.5) is 17.1 Å². The van der Waals surface area contributed by atoms with E-state index in [0.717, 1.165) is 105 Å². The predicted molar refractivity (Wildman–Crippen MR) is 214 cm³/mol. The standard InChI is InChI=1S/C48H29NO3/c1-3-13-30(14-4-1)49(31-15-5-2-6-16-31)32-27-28-39-44(29-32)50-42-25-11-18-34(45(39)42)38-22-10-23-40-46-35(19-12-26-43(46)52-48(38)40)37-21-9-20-36-33-17-7-8-24-41(33)51-47(36)37/h1-29H. The van der Waals surface area contributed by atoms with Gasteiger partial charge in [-0.15, -0.1) is 0 Å². The van der Waals surface area contributed by atoms with Gasteiger partial charge in [-0.1, -0.05) is 115 Å². The summed E-state index contributed by atoms with van der Waals surface area (Å²) in [6, 6.07) is 61.0. The Balaban J connectivity index is 1.10. The zero-order valence-corrected chi connectivity index (χ0v) is 27.9. The molecular formula is C48H29NO3. The van der Waals surface area contributed by atoms with E-state index in [1.54, 1.807) is 0 Å². The fourth-order valence-corrected chi connectivity index (χ4v) is 8.02. The van der Waals surface area contributed by atoms with Gasteiger partial charge >= 0.3 is 0 Å². The summed E-state index contributed by atoms with van der Waals surface area (Å²) in [4.78, 5) is 2.26. The number of hydrogen-bond donors (Lipinski definition) is 0. The Morgan fingerprint density at radius 2 is 0.788 bits per heavy atom. The zero-order valence-electron chi connectivity index (χ0n) is 27.9.